The summed E-state index contributed by atoms with van der Waals surface area (Å²) in [4.78, 5) is 28.4. The monoisotopic (exact) mass is 371 g/mol. The van der Waals surface area contributed by atoms with Crippen molar-refractivity contribution in [3.8, 4) is 0 Å². The van der Waals surface area contributed by atoms with Crippen molar-refractivity contribution in [2.24, 2.45) is 5.92 Å². The van der Waals surface area contributed by atoms with E-state index in [9.17, 15) is 27.9 Å². The second kappa shape index (κ2) is 6.12. The Labute approximate surface area is 143 Å². The maximum atomic E-state index is 13.6. The summed E-state index contributed by atoms with van der Waals surface area (Å²) in [6.45, 7) is 0. The predicted octanol–water partition coefficient (Wildman–Crippen LogP) is 2.25. The van der Waals surface area contributed by atoms with E-state index >= 15 is 0 Å². The Hall–Kier alpha value is -2.46. The molecule has 1 aliphatic heterocycles. The Balaban J connectivity index is 2.15. The first-order valence-electron chi connectivity index (χ1n) is 7.09. The molecule has 3 rings (SSSR count). The van der Waals surface area contributed by atoms with Crippen molar-refractivity contribution in [1.82, 2.24) is 15.6 Å². The molecule has 10 heteroatoms. The number of hydrogen-bond donors (Lipinski definition) is 3. The molecule has 1 saturated heterocycles. The van der Waals surface area contributed by atoms with Crippen LogP contribution in [0.4, 0.5) is 18.0 Å². The standard InChI is InChI=1S/C15H12F3N3O3S/c16-15(17,18)14(24)10(12(22)9-4-2-6-25-9)11(20-13(23)21-14)8-3-1-5-19-7-8/h1-7,10-11,24H,(H2,20,21,23)/t10-,11+,14+/m0/s1. The van der Waals surface area contributed by atoms with Crippen LogP contribution in [0.15, 0.2) is 42.0 Å². The van der Waals surface area contributed by atoms with Gasteiger partial charge in [0.2, 0.25) is 5.72 Å². The molecule has 6 nitrogen and oxygen atoms in total. The number of ketones is 1. The number of hydrogen-bond acceptors (Lipinski definition) is 5. The van der Waals surface area contributed by atoms with Crippen molar-refractivity contribution >= 4 is 23.2 Å². The highest BCUT2D eigenvalue weighted by molar-refractivity contribution is 7.12. The molecule has 25 heavy (non-hydrogen) atoms. The van der Waals surface area contributed by atoms with Gasteiger partial charge >= 0.3 is 12.2 Å². The second-order valence-electron chi connectivity index (χ2n) is 5.45. The Morgan fingerprint density at radius 1 is 1.32 bits per heavy atom. The average molecular weight is 371 g/mol. The molecule has 1 aliphatic rings. The summed E-state index contributed by atoms with van der Waals surface area (Å²) >= 11 is 0.950. The van der Waals surface area contributed by atoms with Crippen LogP contribution in [-0.2, 0) is 0 Å². The summed E-state index contributed by atoms with van der Waals surface area (Å²) in [6, 6.07) is 3.13. The van der Waals surface area contributed by atoms with Crippen LogP contribution in [0.3, 0.4) is 0 Å². The van der Waals surface area contributed by atoms with Gasteiger partial charge < -0.3 is 15.7 Å². The minimum absolute atomic E-state index is 0.0412. The van der Waals surface area contributed by atoms with E-state index in [1.165, 1.54) is 47.4 Å². The van der Waals surface area contributed by atoms with E-state index in [1.807, 2.05) is 0 Å². The van der Waals surface area contributed by atoms with Crippen LogP contribution in [0.2, 0.25) is 0 Å². The minimum atomic E-state index is -5.26. The molecule has 3 heterocycles. The zero-order valence-electron chi connectivity index (χ0n) is 12.4. The molecule has 0 aromatic carbocycles. The van der Waals surface area contributed by atoms with Gasteiger partial charge in [0.05, 0.1) is 10.9 Å². The topological polar surface area (TPSA) is 91.3 Å². The van der Waals surface area contributed by atoms with Gasteiger partial charge in [-0.05, 0) is 23.1 Å². The quantitative estimate of drug-likeness (QED) is 0.722. The number of amides is 2. The largest absolute Gasteiger partial charge is 0.437 e. The fraction of sp³-hybridized carbons (Fsp3) is 0.267. The summed E-state index contributed by atoms with van der Waals surface area (Å²) in [7, 11) is 0. The third kappa shape index (κ3) is 2.98. The van der Waals surface area contributed by atoms with Crippen molar-refractivity contribution < 1.29 is 27.9 Å². The highest BCUT2D eigenvalue weighted by Crippen LogP contribution is 2.44. The van der Waals surface area contributed by atoms with Crippen molar-refractivity contribution in [2.45, 2.75) is 17.9 Å². The molecule has 0 bridgehead atoms. The fourth-order valence-electron chi connectivity index (χ4n) is 2.75. The third-order valence-corrected chi connectivity index (χ3v) is 4.78. The number of aromatic nitrogens is 1. The van der Waals surface area contributed by atoms with E-state index in [-0.39, 0.29) is 10.4 Å². The predicted molar refractivity (Wildman–Crippen MR) is 81.8 cm³/mol. The molecule has 3 atom stereocenters. The molecule has 2 amide bonds. The fourth-order valence-corrected chi connectivity index (χ4v) is 3.45. The van der Waals surface area contributed by atoms with Crippen LogP contribution >= 0.6 is 11.3 Å². The number of alkyl halides is 3. The number of aliphatic hydroxyl groups is 1. The van der Waals surface area contributed by atoms with Gasteiger partial charge in [0.15, 0.2) is 5.78 Å². The SMILES string of the molecule is O=C1N[C@H](c2cccnc2)[C@@H](C(=O)c2cccs2)[C@@](O)(C(F)(F)F)N1. The molecule has 0 saturated carbocycles. The van der Waals surface area contributed by atoms with Gasteiger partial charge in [0.1, 0.15) is 5.92 Å². The number of nitrogens with one attached hydrogen (secondary N) is 2. The summed E-state index contributed by atoms with van der Waals surface area (Å²) in [5.41, 5.74) is -3.54. The number of pyridine rings is 1. The molecule has 0 radical (unpaired) electrons. The molecular formula is C15H12F3N3O3S. The van der Waals surface area contributed by atoms with Crippen LogP contribution < -0.4 is 10.6 Å². The zero-order valence-corrected chi connectivity index (χ0v) is 13.3. The van der Waals surface area contributed by atoms with Crippen LogP contribution in [0.1, 0.15) is 21.3 Å². The van der Waals surface area contributed by atoms with Gasteiger partial charge in [-0.3, -0.25) is 9.78 Å². The second-order valence-corrected chi connectivity index (χ2v) is 6.39. The Bertz CT molecular complexity index is 782. The first-order valence-corrected chi connectivity index (χ1v) is 7.97. The number of nitrogens with zero attached hydrogens (tertiary/aromatic N) is 1. The van der Waals surface area contributed by atoms with E-state index in [4.69, 9.17) is 0 Å². The summed E-state index contributed by atoms with van der Waals surface area (Å²) in [5, 5.41) is 15.6. The molecule has 132 valence electrons. The molecule has 0 unspecified atom stereocenters. The Kier molecular flexibility index (Phi) is 4.25. The van der Waals surface area contributed by atoms with Crippen LogP contribution in [0, 0.1) is 5.92 Å². The molecule has 1 fully saturated rings. The van der Waals surface area contributed by atoms with Crippen molar-refractivity contribution in [3.63, 3.8) is 0 Å². The summed E-state index contributed by atoms with van der Waals surface area (Å²) < 4.78 is 40.7. The van der Waals surface area contributed by atoms with E-state index in [0.29, 0.717) is 0 Å². The Morgan fingerprint density at radius 2 is 2.08 bits per heavy atom. The van der Waals surface area contributed by atoms with Gasteiger partial charge in [0.25, 0.3) is 0 Å². The maximum absolute atomic E-state index is 13.6. The lowest BCUT2D eigenvalue weighted by Crippen LogP contribution is -2.72. The average Bonchev–Trinajstić information content (AvgIpc) is 3.08. The van der Waals surface area contributed by atoms with Crippen molar-refractivity contribution in [3.05, 3.63) is 52.5 Å². The molecule has 2 aromatic heterocycles. The maximum Gasteiger partial charge on any atom is 0.437 e. The third-order valence-electron chi connectivity index (χ3n) is 3.90. The number of thiophene rings is 1. The molecule has 0 aliphatic carbocycles. The lowest BCUT2D eigenvalue weighted by molar-refractivity contribution is -0.287. The molecule has 2 aromatic rings. The molecular weight excluding hydrogens is 359 g/mol. The highest BCUT2D eigenvalue weighted by atomic mass is 32.1. The van der Waals surface area contributed by atoms with E-state index in [1.54, 1.807) is 0 Å². The first-order chi connectivity index (χ1) is 11.7. The van der Waals surface area contributed by atoms with Crippen molar-refractivity contribution in [2.75, 3.05) is 0 Å². The summed E-state index contributed by atoms with van der Waals surface area (Å²) in [5.74, 6) is -2.95. The number of rotatable bonds is 3. The zero-order chi connectivity index (χ0) is 18.2. The summed E-state index contributed by atoms with van der Waals surface area (Å²) in [6.07, 6.45) is -2.62. The van der Waals surface area contributed by atoms with Gasteiger partial charge in [-0.25, -0.2) is 4.79 Å². The normalized spacial score (nSPS) is 26.6. The minimum Gasteiger partial charge on any atom is -0.363 e. The number of carbonyl (C=O) groups is 2. The van der Waals surface area contributed by atoms with E-state index in [0.717, 1.165) is 11.3 Å². The number of carbonyl (C=O) groups excluding carboxylic acids is 2. The smallest absolute Gasteiger partial charge is 0.363 e. The van der Waals surface area contributed by atoms with Gasteiger partial charge in [-0.2, -0.15) is 13.2 Å². The lowest BCUT2D eigenvalue weighted by Gasteiger charge is -2.44. The van der Waals surface area contributed by atoms with Crippen LogP contribution in [0.25, 0.3) is 0 Å². The number of Topliss-reactive ketones (excluding diaryl/α,β-unsaturated/α-hetero) is 1. The van der Waals surface area contributed by atoms with E-state index in [2.05, 4.69) is 10.3 Å². The van der Waals surface area contributed by atoms with Gasteiger partial charge in [-0.15, -0.1) is 11.3 Å². The number of urea groups is 1. The molecule has 3 N–H and O–H groups in total. The van der Waals surface area contributed by atoms with Crippen LogP contribution in [0.5, 0.6) is 0 Å². The lowest BCUT2D eigenvalue weighted by atomic mass is 9.79. The van der Waals surface area contributed by atoms with E-state index < -0.39 is 35.7 Å². The van der Waals surface area contributed by atoms with Crippen molar-refractivity contribution in [1.29, 1.82) is 0 Å². The van der Waals surface area contributed by atoms with Crippen LogP contribution in [-0.4, -0.2) is 33.8 Å². The first kappa shape index (κ1) is 17.4. The Morgan fingerprint density at radius 3 is 2.64 bits per heavy atom. The number of halogens is 3. The molecule has 0 spiro atoms. The van der Waals surface area contributed by atoms with Gasteiger partial charge in [-0.1, -0.05) is 12.1 Å². The highest BCUT2D eigenvalue weighted by Gasteiger charge is 2.66. The van der Waals surface area contributed by atoms with Gasteiger partial charge in [0, 0.05) is 12.4 Å².